The molecule has 5 nitrogen and oxygen atoms in total. The van der Waals surface area contributed by atoms with Crippen molar-refractivity contribution >= 4 is 5.78 Å². The van der Waals surface area contributed by atoms with Crippen molar-refractivity contribution in [3.63, 3.8) is 0 Å². The maximum Gasteiger partial charge on any atom is 0.176 e. The number of ketones is 1. The van der Waals surface area contributed by atoms with Gasteiger partial charge in [-0.2, -0.15) is 0 Å². The van der Waals surface area contributed by atoms with Crippen LogP contribution in [0.15, 0.2) is 78.9 Å². The molecular weight excluding hydrogens is 354 g/mol. The van der Waals surface area contributed by atoms with E-state index in [2.05, 4.69) is 0 Å². The Labute approximate surface area is 164 Å². The normalized spacial score (nSPS) is 10.3. The number of carbonyl (C=O) groups is 1. The van der Waals surface area contributed by atoms with Gasteiger partial charge in [-0.3, -0.25) is 4.79 Å². The van der Waals surface area contributed by atoms with Crippen molar-refractivity contribution in [2.75, 3.05) is 19.8 Å². The molecule has 0 spiro atoms. The predicted octanol–water partition coefficient (Wildman–Crippen LogP) is 3.86. The summed E-state index contributed by atoms with van der Waals surface area (Å²) < 4.78 is 17.0. The monoisotopic (exact) mass is 377 g/mol. The van der Waals surface area contributed by atoms with Gasteiger partial charge in [-0.1, -0.05) is 30.3 Å². The van der Waals surface area contributed by atoms with Crippen LogP contribution in [0, 0.1) is 0 Å². The van der Waals surface area contributed by atoms with Crippen LogP contribution in [0.5, 0.6) is 17.2 Å². The van der Waals surface area contributed by atoms with Gasteiger partial charge in [-0.05, 0) is 54.1 Å². The van der Waals surface area contributed by atoms with Gasteiger partial charge in [0.25, 0.3) is 0 Å². The van der Waals surface area contributed by atoms with Crippen LogP contribution in [0.2, 0.25) is 0 Å². The van der Waals surface area contributed by atoms with Crippen molar-refractivity contribution in [2.45, 2.75) is 6.61 Å². The molecule has 0 bridgehead atoms. The van der Waals surface area contributed by atoms with Crippen molar-refractivity contribution in [3.8, 4) is 17.2 Å². The zero-order valence-electron chi connectivity index (χ0n) is 15.5. The number of ether oxygens (including phenoxy) is 3. The van der Waals surface area contributed by atoms with E-state index in [0.29, 0.717) is 31.1 Å². The van der Waals surface area contributed by atoms with Crippen LogP contribution in [-0.2, 0) is 6.61 Å². The second kappa shape index (κ2) is 10.1. The molecule has 0 unspecified atom stereocenters. The Hall–Kier alpha value is -3.31. The van der Waals surface area contributed by atoms with Crippen LogP contribution < -0.4 is 19.9 Å². The number of benzene rings is 3. The van der Waals surface area contributed by atoms with E-state index in [0.717, 1.165) is 17.1 Å². The first kappa shape index (κ1) is 19.5. The molecule has 0 atom stereocenters. The third-order valence-corrected chi connectivity index (χ3v) is 4.05. The molecule has 0 aromatic heterocycles. The molecule has 3 rings (SSSR count). The zero-order valence-corrected chi connectivity index (χ0v) is 15.5. The lowest BCUT2D eigenvalue weighted by molar-refractivity contribution is 0.100. The van der Waals surface area contributed by atoms with Crippen LogP contribution in [0.1, 0.15) is 15.9 Å². The fourth-order valence-corrected chi connectivity index (χ4v) is 2.55. The summed E-state index contributed by atoms with van der Waals surface area (Å²) in [6, 6.07) is 24.4. The van der Waals surface area contributed by atoms with Crippen molar-refractivity contribution in [2.24, 2.45) is 5.73 Å². The maximum absolute atomic E-state index is 11.5. The number of nitrogens with two attached hydrogens (primary N) is 1. The number of rotatable bonds is 10. The molecule has 0 saturated carbocycles. The molecule has 3 aromatic carbocycles. The van der Waals surface area contributed by atoms with Crippen LogP contribution >= 0.6 is 0 Å². The largest absolute Gasteiger partial charge is 0.490 e. The molecule has 28 heavy (non-hydrogen) atoms. The molecule has 0 saturated heterocycles. The first-order valence-electron chi connectivity index (χ1n) is 9.10. The summed E-state index contributed by atoms with van der Waals surface area (Å²) in [5.74, 6) is 2.13. The van der Waals surface area contributed by atoms with Crippen LogP contribution in [0.4, 0.5) is 0 Å². The Morgan fingerprint density at radius 2 is 1.18 bits per heavy atom. The van der Waals surface area contributed by atoms with E-state index < -0.39 is 0 Å². The van der Waals surface area contributed by atoms with E-state index >= 15 is 0 Å². The van der Waals surface area contributed by atoms with Crippen molar-refractivity contribution in [3.05, 3.63) is 90.0 Å². The van der Waals surface area contributed by atoms with Gasteiger partial charge < -0.3 is 19.9 Å². The first-order valence-corrected chi connectivity index (χ1v) is 9.10. The summed E-state index contributed by atoms with van der Waals surface area (Å²) in [5.41, 5.74) is 7.05. The van der Waals surface area contributed by atoms with Gasteiger partial charge in [0.05, 0.1) is 6.54 Å². The third-order valence-electron chi connectivity index (χ3n) is 4.05. The van der Waals surface area contributed by atoms with Gasteiger partial charge in [0.1, 0.15) is 37.1 Å². The minimum Gasteiger partial charge on any atom is -0.490 e. The van der Waals surface area contributed by atoms with Crippen molar-refractivity contribution < 1.29 is 19.0 Å². The fraction of sp³-hybridized carbons (Fsp3) is 0.174. The Kier molecular flexibility index (Phi) is 7.04. The predicted molar refractivity (Wildman–Crippen MR) is 108 cm³/mol. The molecular formula is C23H23NO4. The molecule has 2 N–H and O–H groups in total. The average Bonchev–Trinajstić information content (AvgIpc) is 2.76. The second-order valence-electron chi connectivity index (χ2n) is 6.09. The van der Waals surface area contributed by atoms with E-state index in [1.165, 1.54) is 0 Å². The molecule has 0 heterocycles. The molecule has 3 aromatic rings. The number of Topliss-reactive ketones (excluding diaryl/α,β-unsaturated/α-hetero) is 1. The minimum absolute atomic E-state index is 0.00410. The first-order chi connectivity index (χ1) is 13.7. The Bertz CT molecular complexity index is 861. The molecule has 0 aliphatic carbocycles. The molecule has 144 valence electrons. The van der Waals surface area contributed by atoms with Gasteiger partial charge in [0, 0.05) is 5.56 Å². The van der Waals surface area contributed by atoms with E-state index in [4.69, 9.17) is 19.9 Å². The molecule has 0 aliphatic rings. The number of hydrogen-bond acceptors (Lipinski definition) is 5. The van der Waals surface area contributed by atoms with Gasteiger partial charge in [-0.25, -0.2) is 0 Å². The van der Waals surface area contributed by atoms with Crippen molar-refractivity contribution in [1.82, 2.24) is 0 Å². The van der Waals surface area contributed by atoms with Crippen molar-refractivity contribution in [1.29, 1.82) is 0 Å². The topological polar surface area (TPSA) is 70.8 Å². The Balaban J connectivity index is 1.38. The Morgan fingerprint density at radius 1 is 0.679 bits per heavy atom. The summed E-state index contributed by atoms with van der Waals surface area (Å²) in [5, 5.41) is 0. The molecule has 0 amide bonds. The smallest absolute Gasteiger partial charge is 0.176 e. The standard InChI is InChI=1S/C23H23NO4/c24-16-23(25)19-6-8-20(9-7-19)26-14-15-27-21-10-12-22(13-11-21)28-17-18-4-2-1-3-5-18/h1-13H,14-17,24H2. The number of carbonyl (C=O) groups excluding carboxylic acids is 1. The fourth-order valence-electron chi connectivity index (χ4n) is 2.55. The minimum atomic E-state index is -0.0916. The van der Waals surface area contributed by atoms with Gasteiger partial charge in [-0.15, -0.1) is 0 Å². The summed E-state index contributed by atoms with van der Waals surface area (Å²) in [7, 11) is 0. The average molecular weight is 377 g/mol. The summed E-state index contributed by atoms with van der Waals surface area (Å²) in [4.78, 5) is 11.5. The van der Waals surface area contributed by atoms with Gasteiger partial charge >= 0.3 is 0 Å². The highest BCUT2D eigenvalue weighted by atomic mass is 16.5. The molecule has 0 radical (unpaired) electrons. The molecule has 0 fully saturated rings. The summed E-state index contributed by atoms with van der Waals surface area (Å²) >= 11 is 0. The lowest BCUT2D eigenvalue weighted by Gasteiger charge is -2.10. The van der Waals surface area contributed by atoms with Crippen LogP contribution in [0.25, 0.3) is 0 Å². The number of hydrogen-bond donors (Lipinski definition) is 1. The van der Waals surface area contributed by atoms with Gasteiger partial charge in [0.2, 0.25) is 0 Å². The van der Waals surface area contributed by atoms with E-state index in [9.17, 15) is 4.79 Å². The van der Waals surface area contributed by atoms with E-state index in [1.807, 2.05) is 54.6 Å². The zero-order chi connectivity index (χ0) is 19.6. The van der Waals surface area contributed by atoms with Crippen LogP contribution in [0.3, 0.4) is 0 Å². The second-order valence-corrected chi connectivity index (χ2v) is 6.09. The lowest BCUT2D eigenvalue weighted by Crippen LogP contribution is -2.13. The molecule has 5 heteroatoms. The third kappa shape index (κ3) is 5.86. The highest BCUT2D eigenvalue weighted by Gasteiger charge is 2.03. The lowest BCUT2D eigenvalue weighted by atomic mass is 10.1. The van der Waals surface area contributed by atoms with E-state index in [1.54, 1.807) is 24.3 Å². The molecule has 0 aliphatic heterocycles. The highest BCUT2D eigenvalue weighted by Crippen LogP contribution is 2.19. The van der Waals surface area contributed by atoms with E-state index in [-0.39, 0.29) is 12.3 Å². The summed E-state index contributed by atoms with van der Waals surface area (Å²) in [6.07, 6.45) is 0. The SMILES string of the molecule is NCC(=O)c1ccc(OCCOc2ccc(OCc3ccccc3)cc2)cc1. The van der Waals surface area contributed by atoms with Crippen LogP contribution in [-0.4, -0.2) is 25.5 Å². The quantitative estimate of drug-likeness (QED) is 0.429. The Morgan fingerprint density at radius 3 is 1.71 bits per heavy atom. The van der Waals surface area contributed by atoms with Gasteiger partial charge in [0.15, 0.2) is 5.78 Å². The highest BCUT2D eigenvalue weighted by molar-refractivity contribution is 5.97. The summed E-state index contributed by atoms with van der Waals surface area (Å²) in [6.45, 7) is 1.35. The maximum atomic E-state index is 11.5.